The lowest BCUT2D eigenvalue weighted by molar-refractivity contribution is 0.625. The number of aryl methyl sites for hydroxylation is 1. The molecular weight excluding hydrogens is 233 g/mol. The lowest BCUT2D eigenvalue weighted by atomic mass is 10.2. The topological polar surface area (TPSA) is 26.0 Å². The van der Waals surface area contributed by atoms with Gasteiger partial charge in [-0.05, 0) is 30.7 Å². The largest absolute Gasteiger partial charge is 0.399 e. The van der Waals surface area contributed by atoms with Gasteiger partial charge in [-0.3, -0.25) is 0 Å². The molecule has 2 aromatic rings. The first-order valence-corrected chi connectivity index (χ1v) is 6.36. The van der Waals surface area contributed by atoms with E-state index in [1.807, 2.05) is 0 Å². The van der Waals surface area contributed by atoms with Crippen molar-refractivity contribution in [2.75, 3.05) is 5.73 Å². The van der Waals surface area contributed by atoms with Gasteiger partial charge in [-0.2, -0.15) is 0 Å². The zero-order valence-corrected chi connectivity index (χ0v) is 10.4. The van der Waals surface area contributed by atoms with Crippen LogP contribution in [0.4, 0.5) is 10.1 Å². The van der Waals surface area contributed by atoms with Crippen molar-refractivity contribution < 1.29 is 4.39 Å². The van der Waals surface area contributed by atoms with Crippen molar-refractivity contribution >= 4 is 17.4 Å². The Morgan fingerprint density at radius 2 is 1.82 bits per heavy atom. The van der Waals surface area contributed by atoms with Crippen molar-refractivity contribution in [3.05, 3.63) is 59.4 Å². The van der Waals surface area contributed by atoms with Gasteiger partial charge in [-0.25, -0.2) is 4.39 Å². The fraction of sp³-hybridized carbons (Fsp3) is 0.143. The second-order valence-corrected chi connectivity index (χ2v) is 5.04. The van der Waals surface area contributed by atoms with E-state index >= 15 is 0 Å². The highest BCUT2D eigenvalue weighted by atomic mass is 32.2. The van der Waals surface area contributed by atoms with Gasteiger partial charge >= 0.3 is 0 Å². The lowest BCUT2D eigenvalue weighted by Crippen LogP contribution is -1.88. The number of nitrogens with two attached hydrogens (primary N) is 1. The van der Waals surface area contributed by atoms with Crippen molar-refractivity contribution in [3.63, 3.8) is 0 Å². The molecule has 0 aliphatic rings. The molecule has 0 unspecified atom stereocenters. The third-order valence-corrected chi connectivity index (χ3v) is 3.47. The summed E-state index contributed by atoms with van der Waals surface area (Å²) >= 11 is 1.59. The van der Waals surface area contributed by atoms with Crippen molar-refractivity contribution in [1.82, 2.24) is 0 Å². The SMILES string of the molecule is Cc1ccc(CSc2cc(N)cc(F)c2)cc1. The lowest BCUT2D eigenvalue weighted by Gasteiger charge is -2.04. The summed E-state index contributed by atoms with van der Waals surface area (Å²) < 4.78 is 13.1. The van der Waals surface area contributed by atoms with Gasteiger partial charge in [0.25, 0.3) is 0 Å². The van der Waals surface area contributed by atoms with Crippen molar-refractivity contribution in [2.45, 2.75) is 17.6 Å². The highest BCUT2D eigenvalue weighted by Crippen LogP contribution is 2.25. The molecule has 0 aromatic heterocycles. The van der Waals surface area contributed by atoms with E-state index in [2.05, 4.69) is 31.2 Å². The minimum atomic E-state index is -0.281. The molecule has 2 rings (SSSR count). The van der Waals surface area contributed by atoms with Crippen LogP contribution in [0.15, 0.2) is 47.4 Å². The normalized spacial score (nSPS) is 10.5. The van der Waals surface area contributed by atoms with E-state index in [9.17, 15) is 4.39 Å². The molecule has 0 amide bonds. The number of halogens is 1. The van der Waals surface area contributed by atoms with Crippen molar-refractivity contribution in [2.24, 2.45) is 0 Å². The number of nitrogen functional groups attached to an aromatic ring is 1. The van der Waals surface area contributed by atoms with Crippen LogP contribution in [0.5, 0.6) is 0 Å². The third-order valence-electron chi connectivity index (χ3n) is 2.42. The maximum atomic E-state index is 13.1. The third kappa shape index (κ3) is 3.49. The number of thioether (sulfide) groups is 1. The van der Waals surface area contributed by atoms with Gasteiger partial charge in [0.2, 0.25) is 0 Å². The van der Waals surface area contributed by atoms with Crippen molar-refractivity contribution in [1.29, 1.82) is 0 Å². The summed E-state index contributed by atoms with van der Waals surface area (Å²) in [7, 11) is 0. The first kappa shape index (κ1) is 12.0. The summed E-state index contributed by atoms with van der Waals surface area (Å²) in [4.78, 5) is 0.864. The van der Waals surface area contributed by atoms with Gasteiger partial charge in [0.15, 0.2) is 0 Å². The van der Waals surface area contributed by atoms with E-state index in [1.165, 1.54) is 23.3 Å². The Morgan fingerprint density at radius 3 is 2.47 bits per heavy atom. The summed E-state index contributed by atoms with van der Waals surface area (Å²) in [6.45, 7) is 2.06. The summed E-state index contributed by atoms with van der Waals surface area (Å²) in [5.41, 5.74) is 8.53. The summed E-state index contributed by atoms with van der Waals surface area (Å²) in [5, 5.41) is 0. The van der Waals surface area contributed by atoms with E-state index in [-0.39, 0.29) is 5.82 Å². The van der Waals surface area contributed by atoms with E-state index in [0.717, 1.165) is 10.6 Å². The molecule has 2 aromatic carbocycles. The molecule has 3 heteroatoms. The molecule has 0 atom stereocenters. The van der Waals surface area contributed by atoms with Gasteiger partial charge in [-0.15, -0.1) is 11.8 Å². The van der Waals surface area contributed by atoms with Crippen LogP contribution in [0.1, 0.15) is 11.1 Å². The summed E-state index contributed by atoms with van der Waals surface area (Å²) in [6.07, 6.45) is 0. The minimum absolute atomic E-state index is 0.281. The standard InChI is InChI=1S/C14H14FNS/c1-10-2-4-11(5-3-10)9-17-14-7-12(15)6-13(16)8-14/h2-8H,9,16H2,1H3. The zero-order valence-electron chi connectivity index (χ0n) is 9.61. The highest BCUT2D eigenvalue weighted by Gasteiger charge is 2.00. The Bertz CT molecular complexity index is 488. The Balaban J connectivity index is 2.04. The summed E-state index contributed by atoms with van der Waals surface area (Å²) in [5.74, 6) is 0.541. The average Bonchev–Trinajstić information content (AvgIpc) is 2.27. The zero-order chi connectivity index (χ0) is 12.3. The molecule has 0 spiro atoms. The molecular formula is C14H14FNS. The Hall–Kier alpha value is -1.48. The van der Waals surface area contributed by atoms with Gasteiger partial charge in [0, 0.05) is 16.3 Å². The predicted molar refractivity (Wildman–Crippen MR) is 71.6 cm³/mol. The molecule has 0 radical (unpaired) electrons. The molecule has 0 bridgehead atoms. The Morgan fingerprint density at radius 1 is 1.12 bits per heavy atom. The molecule has 0 aliphatic carbocycles. The van der Waals surface area contributed by atoms with Crippen LogP contribution < -0.4 is 5.73 Å². The second kappa shape index (κ2) is 5.23. The number of hydrogen-bond acceptors (Lipinski definition) is 2. The van der Waals surface area contributed by atoms with E-state index in [0.29, 0.717) is 5.69 Å². The van der Waals surface area contributed by atoms with Crippen LogP contribution in [0.25, 0.3) is 0 Å². The fourth-order valence-electron chi connectivity index (χ4n) is 1.52. The van der Waals surface area contributed by atoms with Crippen LogP contribution >= 0.6 is 11.8 Å². The van der Waals surface area contributed by atoms with Crippen LogP contribution in [0.2, 0.25) is 0 Å². The van der Waals surface area contributed by atoms with E-state index in [1.54, 1.807) is 17.8 Å². The predicted octanol–water partition coefficient (Wildman–Crippen LogP) is 4.01. The number of benzene rings is 2. The summed E-state index contributed by atoms with van der Waals surface area (Å²) in [6, 6.07) is 13.0. The molecule has 0 aliphatic heterocycles. The van der Waals surface area contributed by atoms with Gasteiger partial charge in [-0.1, -0.05) is 29.8 Å². The van der Waals surface area contributed by atoms with E-state index in [4.69, 9.17) is 5.73 Å². The molecule has 1 nitrogen and oxygen atoms in total. The monoisotopic (exact) mass is 247 g/mol. The van der Waals surface area contributed by atoms with Gasteiger partial charge in [0.1, 0.15) is 5.82 Å². The van der Waals surface area contributed by atoms with Crippen LogP contribution in [0.3, 0.4) is 0 Å². The average molecular weight is 247 g/mol. The maximum Gasteiger partial charge on any atom is 0.126 e. The molecule has 2 N–H and O–H groups in total. The number of anilines is 1. The van der Waals surface area contributed by atoms with Crippen LogP contribution in [-0.4, -0.2) is 0 Å². The fourth-order valence-corrected chi connectivity index (χ4v) is 2.46. The van der Waals surface area contributed by atoms with Crippen LogP contribution in [-0.2, 0) is 5.75 Å². The number of hydrogen-bond donors (Lipinski definition) is 1. The molecule has 0 saturated carbocycles. The molecule has 17 heavy (non-hydrogen) atoms. The van der Waals surface area contributed by atoms with Gasteiger partial charge in [0.05, 0.1) is 0 Å². The van der Waals surface area contributed by atoms with Crippen molar-refractivity contribution in [3.8, 4) is 0 Å². The second-order valence-electron chi connectivity index (χ2n) is 3.99. The number of rotatable bonds is 3. The maximum absolute atomic E-state index is 13.1. The smallest absolute Gasteiger partial charge is 0.126 e. The van der Waals surface area contributed by atoms with Crippen LogP contribution in [0, 0.1) is 12.7 Å². The Kier molecular flexibility index (Phi) is 3.69. The minimum Gasteiger partial charge on any atom is -0.399 e. The molecule has 0 heterocycles. The first-order valence-electron chi connectivity index (χ1n) is 5.38. The van der Waals surface area contributed by atoms with E-state index < -0.39 is 0 Å². The van der Waals surface area contributed by atoms with Gasteiger partial charge < -0.3 is 5.73 Å². The quantitative estimate of drug-likeness (QED) is 0.655. The molecule has 0 fully saturated rings. The molecule has 88 valence electrons. The Labute approximate surface area is 105 Å². The molecule has 0 saturated heterocycles. The highest BCUT2D eigenvalue weighted by molar-refractivity contribution is 7.98. The first-order chi connectivity index (χ1) is 8.13.